The molecule has 0 spiro atoms. The van der Waals surface area contributed by atoms with Gasteiger partial charge in [0.15, 0.2) is 0 Å². The maximum Gasteiger partial charge on any atom is 0.273 e. The minimum atomic E-state index is -0.167. The van der Waals surface area contributed by atoms with Crippen LogP contribution in [-0.2, 0) is 11.3 Å². The van der Waals surface area contributed by atoms with Crippen LogP contribution >= 0.6 is 11.3 Å². The summed E-state index contributed by atoms with van der Waals surface area (Å²) in [5, 5.41) is 2.45. The Hall–Kier alpha value is -1.47. The molecule has 0 atom stereocenters. The van der Waals surface area contributed by atoms with E-state index in [1.165, 1.54) is 11.3 Å². The average molecular weight is 280 g/mol. The Morgan fingerprint density at radius 3 is 2.84 bits per heavy atom. The lowest BCUT2D eigenvalue weighted by molar-refractivity contribution is -0.135. The van der Waals surface area contributed by atoms with Crippen LogP contribution in [0.15, 0.2) is 5.38 Å². The van der Waals surface area contributed by atoms with Crippen LogP contribution in [0.3, 0.4) is 0 Å². The van der Waals surface area contributed by atoms with Crippen molar-refractivity contribution >= 4 is 23.2 Å². The number of thiazole rings is 1. The standard InChI is InChI=1S/C12H16N4O2S/c13-5-10-14-9(7-19-10)12(18)15-3-4-16(8-1-2-8)11(17)6-15/h7-8H,1-6,13H2. The van der Waals surface area contributed by atoms with E-state index in [1.54, 1.807) is 10.3 Å². The quantitative estimate of drug-likeness (QED) is 0.848. The van der Waals surface area contributed by atoms with E-state index in [1.807, 2.05) is 4.90 Å². The van der Waals surface area contributed by atoms with Crippen LogP contribution in [0.5, 0.6) is 0 Å². The van der Waals surface area contributed by atoms with Gasteiger partial charge in [-0.3, -0.25) is 9.59 Å². The topological polar surface area (TPSA) is 79.5 Å². The highest BCUT2D eigenvalue weighted by atomic mass is 32.1. The van der Waals surface area contributed by atoms with Gasteiger partial charge in [-0.2, -0.15) is 0 Å². The number of hydrogen-bond acceptors (Lipinski definition) is 5. The fraction of sp³-hybridized carbons (Fsp3) is 0.583. The Balaban J connectivity index is 1.66. The van der Waals surface area contributed by atoms with Gasteiger partial charge in [0.1, 0.15) is 17.2 Å². The Labute approximate surface area is 115 Å². The van der Waals surface area contributed by atoms with Crippen molar-refractivity contribution in [1.29, 1.82) is 0 Å². The lowest BCUT2D eigenvalue weighted by Gasteiger charge is -2.34. The van der Waals surface area contributed by atoms with Crippen molar-refractivity contribution in [3.63, 3.8) is 0 Å². The molecule has 2 amide bonds. The smallest absolute Gasteiger partial charge is 0.273 e. The number of nitrogens with zero attached hydrogens (tertiary/aromatic N) is 3. The molecule has 102 valence electrons. The van der Waals surface area contributed by atoms with E-state index in [0.29, 0.717) is 31.4 Å². The van der Waals surface area contributed by atoms with Gasteiger partial charge in [0, 0.05) is 31.1 Å². The van der Waals surface area contributed by atoms with Crippen molar-refractivity contribution in [2.45, 2.75) is 25.4 Å². The molecule has 1 aliphatic carbocycles. The van der Waals surface area contributed by atoms with Crippen LogP contribution in [0, 0.1) is 0 Å². The van der Waals surface area contributed by atoms with Crippen LogP contribution in [0.4, 0.5) is 0 Å². The number of piperazine rings is 1. The molecule has 1 saturated heterocycles. The van der Waals surface area contributed by atoms with Crippen molar-refractivity contribution in [3.8, 4) is 0 Å². The molecule has 6 nitrogen and oxygen atoms in total. The van der Waals surface area contributed by atoms with Gasteiger partial charge < -0.3 is 15.5 Å². The second-order valence-electron chi connectivity index (χ2n) is 4.88. The van der Waals surface area contributed by atoms with Gasteiger partial charge in [-0.25, -0.2) is 4.98 Å². The largest absolute Gasteiger partial charge is 0.336 e. The number of amides is 2. The first-order valence-corrected chi connectivity index (χ1v) is 7.30. The molecule has 1 aromatic rings. The highest BCUT2D eigenvalue weighted by Gasteiger charge is 2.37. The summed E-state index contributed by atoms with van der Waals surface area (Å²) in [5.41, 5.74) is 5.89. The van der Waals surface area contributed by atoms with Crippen LogP contribution in [-0.4, -0.2) is 52.3 Å². The molecule has 1 saturated carbocycles. The van der Waals surface area contributed by atoms with Crippen molar-refractivity contribution in [2.24, 2.45) is 5.73 Å². The fourth-order valence-electron chi connectivity index (χ4n) is 2.30. The first kappa shape index (κ1) is 12.6. The van der Waals surface area contributed by atoms with E-state index in [0.717, 1.165) is 17.8 Å². The minimum Gasteiger partial charge on any atom is -0.336 e. The second kappa shape index (κ2) is 4.90. The van der Waals surface area contributed by atoms with Gasteiger partial charge in [-0.15, -0.1) is 11.3 Å². The second-order valence-corrected chi connectivity index (χ2v) is 5.82. The predicted molar refractivity (Wildman–Crippen MR) is 70.6 cm³/mol. The molecular weight excluding hydrogens is 264 g/mol. The molecule has 0 unspecified atom stereocenters. The number of hydrogen-bond donors (Lipinski definition) is 1. The number of carbonyl (C=O) groups excluding carboxylic acids is 2. The van der Waals surface area contributed by atoms with Gasteiger partial charge in [-0.1, -0.05) is 0 Å². The lowest BCUT2D eigenvalue weighted by Crippen LogP contribution is -2.52. The van der Waals surface area contributed by atoms with Crippen LogP contribution in [0.2, 0.25) is 0 Å². The first-order chi connectivity index (χ1) is 9.19. The molecule has 0 aromatic carbocycles. The maximum atomic E-state index is 12.2. The van der Waals surface area contributed by atoms with Gasteiger partial charge >= 0.3 is 0 Å². The van der Waals surface area contributed by atoms with Gasteiger partial charge in [0.05, 0.1) is 0 Å². The molecule has 2 aliphatic rings. The van der Waals surface area contributed by atoms with Crippen molar-refractivity contribution in [3.05, 3.63) is 16.1 Å². The van der Waals surface area contributed by atoms with Gasteiger partial charge in [0.2, 0.25) is 5.91 Å². The Morgan fingerprint density at radius 2 is 2.26 bits per heavy atom. The number of nitrogens with two attached hydrogens (primary N) is 1. The van der Waals surface area contributed by atoms with E-state index in [4.69, 9.17) is 5.73 Å². The summed E-state index contributed by atoms with van der Waals surface area (Å²) in [4.78, 5) is 31.9. The zero-order chi connectivity index (χ0) is 13.4. The Kier molecular flexibility index (Phi) is 3.24. The Morgan fingerprint density at radius 1 is 1.47 bits per heavy atom. The van der Waals surface area contributed by atoms with Crippen molar-refractivity contribution in [1.82, 2.24) is 14.8 Å². The molecule has 0 bridgehead atoms. The third kappa shape index (κ3) is 2.48. The minimum absolute atomic E-state index is 0.0522. The molecule has 1 aromatic heterocycles. The zero-order valence-corrected chi connectivity index (χ0v) is 11.4. The van der Waals surface area contributed by atoms with Crippen LogP contribution < -0.4 is 5.73 Å². The molecule has 7 heteroatoms. The highest BCUT2D eigenvalue weighted by Crippen LogP contribution is 2.28. The normalized spacial score (nSPS) is 19.9. The molecule has 2 fully saturated rings. The molecular formula is C12H16N4O2S. The predicted octanol–water partition coefficient (Wildman–Crippen LogP) is 0.0486. The van der Waals surface area contributed by atoms with E-state index in [2.05, 4.69) is 4.98 Å². The summed E-state index contributed by atoms with van der Waals surface area (Å²) in [6.07, 6.45) is 2.21. The first-order valence-electron chi connectivity index (χ1n) is 6.42. The zero-order valence-electron chi connectivity index (χ0n) is 10.5. The monoisotopic (exact) mass is 280 g/mol. The van der Waals surface area contributed by atoms with E-state index in [9.17, 15) is 9.59 Å². The summed E-state index contributed by atoms with van der Waals surface area (Å²) in [6, 6.07) is 0.424. The number of carbonyl (C=O) groups is 2. The van der Waals surface area contributed by atoms with Crippen molar-refractivity contribution in [2.75, 3.05) is 19.6 Å². The summed E-state index contributed by atoms with van der Waals surface area (Å²) in [6.45, 7) is 1.75. The number of aromatic nitrogens is 1. The lowest BCUT2D eigenvalue weighted by atomic mass is 10.2. The maximum absolute atomic E-state index is 12.2. The molecule has 2 heterocycles. The van der Waals surface area contributed by atoms with E-state index in [-0.39, 0.29) is 18.4 Å². The van der Waals surface area contributed by atoms with E-state index >= 15 is 0 Å². The highest BCUT2D eigenvalue weighted by molar-refractivity contribution is 7.09. The third-order valence-electron chi connectivity index (χ3n) is 3.48. The molecule has 2 N–H and O–H groups in total. The van der Waals surface area contributed by atoms with Crippen LogP contribution in [0.25, 0.3) is 0 Å². The number of rotatable bonds is 3. The van der Waals surface area contributed by atoms with E-state index < -0.39 is 0 Å². The molecule has 3 rings (SSSR count). The van der Waals surface area contributed by atoms with Gasteiger partial charge in [-0.05, 0) is 12.8 Å². The third-order valence-corrected chi connectivity index (χ3v) is 4.35. The fourth-order valence-corrected chi connectivity index (χ4v) is 2.95. The summed E-state index contributed by atoms with van der Waals surface area (Å²) < 4.78 is 0. The molecule has 19 heavy (non-hydrogen) atoms. The summed E-state index contributed by atoms with van der Waals surface area (Å²) in [7, 11) is 0. The van der Waals surface area contributed by atoms with Gasteiger partial charge in [0.25, 0.3) is 5.91 Å². The van der Waals surface area contributed by atoms with Crippen LogP contribution in [0.1, 0.15) is 28.3 Å². The molecule has 0 radical (unpaired) electrons. The SMILES string of the molecule is NCc1nc(C(=O)N2CCN(C3CC3)C(=O)C2)cs1. The summed E-state index contributed by atoms with van der Waals surface area (Å²) in [5.74, 6) is -0.115. The Bertz CT molecular complexity index is 512. The average Bonchev–Trinajstić information content (AvgIpc) is 3.14. The summed E-state index contributed by atoms with van der Waals surface area (Å²) >= 11 is 1.38. The van der Waals surface area contributed by atoms with Crippen molar-refractivity contribution < 1.29 is 9.59 Å². The molecule has 1 aliphatic heterocycles.